The van der Waals surface area contributed by atoms with Crippen LogP contribution in [-0.2, 0) is 22.6 Å². The number of aliphatic hydroxyl groups excluding tert-OH is 1. The SMILES string of the molecule is CO/N=C(\C)CCC(CCNC=O)Nc1cc(C(=O)NC[C@H](O)CN2CCc3ccccc3C2)ncn1. The summed E-state index contributed by atoms with van der Waals surface area (Å²) >= 11 is 0. The van der Waals surface area contributed by atoms with Gasteiger partial charge in [0.05, 0.1) is 11.8 Å². The van der Waals surface area contributed by atoms with Crippen molar-refractivity contribution in [2.24, 2.45) is 5.16 Å². The monoisotopic (exact) mass is 511 g/mol. The van der Waals surface area contributed by atoms with Crippen molar-refractivity contribution in [1.29, 1.82) is 0 Å². The first kappa shape index (κ1) is 28.0. The highest BCUT2D eigenvalue weighted by atomic mass is 16.6. The second kappa shape index (κ2) is 14.9. The van der Waals surface area contributed by atoms with Crippen LogP contribution in [0.25, 0.3) is 0 Å². The quantitative estimate of drug-likeness (QED) is 0.122. The summed E-state index contributed by atoms with van der Waals surface area (Å²) < 4.78 is 0. The number of β-amino-alcohol motifs (C(OH)–C–C–N with tert-alkyl or cyclic N) is 1. The van der Waals surface area contributed by atoms with E-state index in [0.717, 1.165) is 31.6 Å². The third-order valence-electron chi connectivity index (χ3n) is 6.25. The summed E-state index contributed by atoms with van der Waals surface area (Å²) in [6, 6.07) is 9.92. The van der Waals surface area contributed by atoms with Crippen molar-refractivity contribution in [1.82, 2.24) is 25.5 Å². The van der Waals surface area contributed by atoms with Gasteiger partial charge in [-0.2, -0.15) is 0 Å². The summed E-state index contributed by atoms with van der Waals surface area (Å²) in [6.45, 7) is 4.66. The zero-order valence-electron chi connectivity index (χ0n) is 21.5. The maximum absolute atomic E-state index is 12.7. The van der Waals surface area contributed by atoms with Gasteiger partial charge < -0.3 is 25.9 Å². The summed E-state index contributed by atoms with van der Waals surface area (Å²) in [7, 11) is 1.51. The molecule has 1 aliphatic rings. The summed E-state index contributed by atoms with van der Waals surface area (Å²) in [6.07, 6.45) is 4.36. The highest BCUT2D eigenvalue weighted by molar-refractivity contribution is 5.92. The Morgan fingerprint density at radius 2 is 2.08 bits per heavy atom. The molecule has 2 amide bonds. The number of carbonyl (C=O) groups excluding carboxylic acids is 2. The van der Waals surface area contributed by atoms with Gasteiger partial charge in [0.15, 0.2) is 0 Å². The molecule has 0 fully saturated rings. The zero-order chi connectivity index (χ0) is 26.5. The Kier molecular flexibility index (Phi) is 11.2. The molecule has 0 radical (unpaired) electrons. The van der Waals surface area contributed by atoms with Gasteiger partial charge in [0, 0.05) is 44.8 Å². The number of rotatable bonds is 15. The van der Waals surface area contributed by atoms with Crippen molar-refractivity contribution < 1.29 is 19.5 Å². The Balaban J connectivity index is 1.50. The first-order chi connectivity index (χ1) is 18.0. The molecular formula is C26H37N7O4. The zero-order valence-corrected chi connectivity index (χ0v) is 21.5. The predicted molar refractivity (Wildman–Crippen MR) is 141 cm³/mol. The molecule has 11 heteroatoms. The third kappa shape index (κ3) is 9.43. The molecule has 1 aliphatic heterocycles. The number of anilines is 1. The van der Waals surface area contributed by atoms with E-state index in [9.17, 15) is 14.7 Å². The van der Waals surface area contributed by atoms with Crippen LogP contribution in [0.15, 0.2) is 41.8 Å². The van der Waals surface area contributed by atoms with Gasteiger partial charge in [-0.25, -0.2) is 9.97 Å². The Morgan fingerprint density at radius 3 is 2.86 bits per heavy atom. The fourth-order valence-corrected chi connectivity index (χ4v) is 4.33. The van der Waals surface area contributed by atoms with Crippen LogP contribution in [0.1, 0.15) is 47.8 Å². The average Bonchev–Trinajstić information content (AvgIpc) is 2.90. The number of oxime groups is 1. The lowest BCUT2D eigenvalue weighted by atomic mass is 10.00. The Bertz CT molecular complexity index is 1050. The van der Waals surface area contributed by atoms with Crippen molar-refractivity contribution in [3.05, 3.63) is 53.5 Å². The van der Waals surface area contributed by atoms with Gasteiger partial charge in [-0.1, -0.05) is 29.4 Å². The molecule has 200 valence electrons. The van der Waals surface area contributed by atoms with Crippen molar-refractivity contribution >= 4 is 23.8 Å². The largest absolute Gasteiger partial charge is 0.399 e. The number of amides is 2. The highest BCUT2D eigenvalue weighted by Gasteiger charge is 2.19. The van der Waals surface area contributed by atoms with E-state index >= 15 is 0 Å². The molecule has 2 atom stereocenters. The van der Waals surface area contributed by atoms with Crippen LogP contribution in [0.2, 0.25) is 0 Å². The molecule has 37 heavy (non-hydrogen) atoms. The minimum absolute atomic E-state index is 0.0169. The van der Waals surface area contributed by atoms with Gasteiger partial charge in [0.1, 0.15) is 24.9 Å². The van der Waals surface area contributed by atoms with Gasteiger partial charge >= 0.3 is 0 Å². The Labute approximate surface area is 217 Å². The molecule has 0 aliphatic carbocycles. The average molecular weight is 512 g/mol. The summed E-state index contributed by atoms with van der Waals surface area (Å²) in [5, 5.41) is 23.2. The molecule has 1 unspecified atom stereocenters. The lowest BCUT2D eigenvalue weighted by Gasteiger charge is -2.30. The van der Waals surface area contributed by atoms with Crippen molar-refractivity contribution in [3.63, 3.8) is 0 Å². The molecule has 0 saturated heterocycles. The Morgan fingerprint density at radius 1 is 1.27 bits per heavy atom. The third-order valence-corrected chi connectivity index (χ3v) is 6.25. The van der Waals surface area contributed by atoms with E-state index in [0.29, 0.717) is 38.2 Å². The van der Waals surface area contributed by atoms with Gasteiger partial charge in [0.2, 0.25) is 6.41 Å². The number of nitrogens with one attached hydrogen (secondary N) is 3. The fraction of sp³-hybridized carbons (Fsp3) is 0.500. The number of benzene rings is 1. The maximum atomic E-state index is 12.7. The van der Waals surface area contributed by atoms with Crippen LogP contribution in [-0.4, -0.2) is 83.4 Å². The molecule has 0 saturated carbocycles. The summed E-state index contributed by atoms with van der Waals surface area (Å²) in [5.41, 5.74) is 3.70. The first-order valence-corrected chi connectivity index (χ1v) is 12.6. The van der Waals surface area contributed by atoms with E-state index in [-0.39, 0.29) is 24.2 Å². The summed E-state index contributed by atoms with van der Waals surface area (Å²) in [5.74, 6) is 0.126. The Hall–Kier alpha value is -3.57. The topological polar surface area (TPSA) is 141 Å². The molecule has 0 bridgehead atoms. The predicted octanol–water partition coefficient (Wildman–Crippen LogP) is 1.34. The number of fused-ring (bicyclic) bond motifs is 1. The minimum atomic E-state index is -0.694. The number of hydrogen-bond acceptors (Lipinski definition) is 9. The van der Waals surface area contributed by atoms with Crippen LogP contribution in [0.5, 0.6) is 0 Å². The van der Waals surface area contributed by atoms with Crippen LogP contribution in [0.4, 0.5) is 5.82 Å². The van der Waals surface area contributed by atoms with E-state index in [4.69, 9.17) is 4.84 Å². The molecule has 4 N–H and O–H groups in total. The number of hydrogen-bond donors (Lipinski definition) is 4. The van der Waals surface area contributed by atoms with Gasteiger partial charge in [-0.3, -0.25) is 14.5 Å². The number of nitrogens with zero attached hydrogens (tertiary/aromatic N) is 4. The number of aliphatic hydroxyl groups is 1. The summed E-state index contributed by atoms with van der Waals surface area (Å²) in [4.78, 5) is 38.7. The smallest absolute Gasteiger partial charge is 0.270 e. The van der Waals surface area contributed by atoms with Gasteiger partial charge in [-0.05, 0) is 43.7 Å². The standard InChI is InChI=1S/C26H37N7O4/c1-19(32-37-2)7-8-22(9-11-27-18-34)31-25-13-24(29-17-30-25)26(36)28-14-23(35)16-33-12-10-20-5-3-4-6-21(20)15-33/h3-6,13,17-18,22-23,35H,7-12,14-16H2,1-2H3,(H,27,34)(H,28,36)(H,29,30,31)/b32-19+/t22?,23-/m0/s1. The molecule has 0 spiro atoms. The fourth-order valence-electron chi connectivity index (χ4n) is 4.33. The second-order valence-corrected chi connectivity index (χ2v) is 9.16. The van der Waals surface area contributed by atoms with E-state index < -0.39 is 6.10 Å². The highest BCUT2D eigenvalue weighted by Crippen LogP contribution is 2.18. The van der Waals surface area contributed by atoms with E-state index in [1.54, 1.807) is 6.07 Å². The number of carbonyl (C=O) groups is 2. The van der Waals surface area contributed by atoms with Crippen LogP contribution >= 0.6 is 0 Å². The van der Waals surface area contributed by atoms with E-state index in [1.807, 2.05) is 13.0 Å². The van der Waals surface area contributed by atoms with Crippen LogP contribution < -0.4 is 16.0 Å². The normalized spacial score (nSPS) is 15.3. The minimum Gasteiger partial charge on any atom is -0.399 e. The molecule has 3 rings (SSSR count). The molecular weight excluding hydrogens is 474 g/mol. The maximum Gasteiger partial charge on any atom is 0.270 e. The van der Waals surface area contributed by atoms with E-state index in [2.05, 4.69) is 54.2 Å². The van der Waals surface area contributed by atoms with Gasteiger partial charge in [-0.15, -0.1) is 0 Å². The molecule has 11 nitrogen and oxygen atoms in total. The molecule has 2 heterocycles. The lowest BCUT2D eigenvalue weighted by molar-refractivity contribution is -0.109. The van der Waals surface area contributed by atoms with Crippen molar-refractivity contribution in [2.75, 3.05) is 38.6 Å². The van der Waals surface area contributed by atoms with Crippen LogP contribution in [0.3, 0.4) is 0 Å². The van der Waals surface area contributed by atoms with Crippen molar-refractivity contribution in [3.8, 4) is 0 Å². The molecule has 1 aromatic heterocycles. The first-order valence-electron chi connectivity index (χ1n) is 12.6. The molecule has 1 aromatic carbocycles. The lowest BCUT2D eigenvalue weighted by Crippen LogP contribution is -2.42. The van der Waals surface area contributed by atoms with Crippen LogP contribution in [0, 0.1) is 0 Å². The molecule has 2 aromatic rings. The number of aromatic nitrogens is 2. The second-order valence-electron chi connectivity index (χ2n) is 9.16. The van der Waals surface area contributed by atoms with Crippen molar-refractivity contribution in [2.45, 2.75) is 51.3 Å². The van der Waals surface area contributed by atoms with Gasteiger partial charge in [0.25, 0.3) is 5.91 Å². The van der Waals surface area contributed by atoms with E-state index in [1.165, 1.54) is 24.6 Å².